The molecule has 5 heteroatoms. The monoisotopic (exact) mass is 325 g/mol. The summed E-state index contributed by atoms with van der Waals surface area (Å²) in [5, 5.41) is 0.291. The normalized spacial score (nSPS) is 12.1. The molecule has 2 nitrogen and oxygen atoms in total. The maximum absolute atomic E-state index is 11.5. The molecule has 1 atom stereocenters. The summed E-state index contributed by atoms with van der Waals surface area (Å²) in [6.45, 7) is 0. The van der Waals surface area contributed by atoms with Crippen molar-refractivity contribution in [2.75, 3.05) is 0 Å². The van der Waals surface area contributed by atoms with Gasteiger partial charge in [0, 0.05) is 9.92 Å². The highest BCUT2D eigenvalue weighted by Gasteiger charge is 2.16. The first-order valence-corrected chi connectivity index (χ1v) is 7.63. The zero-order valence-electron chi connectivity index (χ0n) is 10.6. The van der Waals surface area contributed by atoms with Crippen molar-refractivity contribution in [2.45, 2.75) is 17.4 Å². The van der Waals surface area contributed by atoms with Gasteiger partial charge in [-0.05, 0) is 59.8 Å². The van der Waals surface area contributed by atoms with Crippen LogP contribution < -0.4 is 4.72 Å². The number of halogens is 2. The van der Waals surface area contributed by atoms with E-state index in [-0.39, 0.29) is 0 Å². The summed E-state index contributed by atoms with van der Waals surface area (Å²) < 4.78 is 3.10. The van der Waals surface area contributed by atoms with E-state index in [0.717, 1.165) is 10.5 Å². The fraction of sp³-hybridized carbons (Fsp3) is 0.133. The number of carbonyl (C=O) groups excluding carboxylic acids is 1. The second-order valence-electron chi connectivity index (χ2n) is 4.22. The van der Waals surface area contributed by atoms with Crippen LogP contribution in [0, 0.1) is 0 Å². The van der Waals surface area contributed by atoms with Crippen LogP contribution in [0.3, 0.4) is 0 Å². The Balaban J connectivity index is 1.96. The molecule has 2 aromatic rings. The average molecular weight is 326 g/mol. The highest BCUT2D eigenvalue weighted by Crippen LogP contribution is 2.19. The Bertz CT molecular complexity index is 560. The molecular weight excluding hydrogens is 313 g/mol. The Morgan fingerprint density at radius 1 is 1.10 bits per heavy atom. The van der Waals surface area contributed by atoms with Gasteiger partial charge >= 0.3 is 0 Å². The highest BCUT2D eigenvalue weighted by molar-refractivity contribution is 7.97. The van der Waals surface area contributed by atoms with Gasteiger partial charge in [-0.25, -0.2) is 4.72 Å². The zero-order valence-corrected chi connectivity index (χ0v) is 12.9. The molecule has 2 rings (SSSR count). The summed E-state index contributed by atoms with van der Waals surface area (Å²) in [5.74, 6) is 0. The van der Waals surface area contributed by atoms with Gasteiger partial charge in [0.2, 0.25) is 5.24 Å². The summed E-state index contributed by atoms with van der Waals surface area (Å²) in [5.41, 5.74) is 1.07. The van der Waals surface area contributed by atoms with Crippen molar-refractivity contribution < 1.29 is 4.79 Å². The molecule has 1 N–H and O–H groups in total. The van der Waals surface area contributed by atoms with Crippen LogP contribution in [0.5, 0.6) is 0 Å². The van der Waals surface area contributed by atoms with Gasteiger partial charge in [-0.15, -0.1) is 0 Å². The third kappa shape index (κ3) is 4.84. The van der Waals surface area contributed by atoms with Gasteiger partial charge in [-0.2, -0.15) is 0 Å². The standard InChI is InChI=1S/C15H13Cl2NOS/c16-12-6-8-13(9-7-12)20-18-14(15(17)19)10-11-4-2-1-3-5-11/h1-9,14,18H,10H2. The minimum Gasteiger partial charge on any atom is -0.279 e. The molecule has 1 unspecified atom stereocenters. The van der Waals surface area contributed by atoms with Crippen LogP contribution in [0.4, 0.5) is 0 Å². The van der Waals surface area contributed by atoms with E-state index in [1.807, 2.05) is 42.5 Å². The molecule has 104 valence electrons. The molecule has 0 saturated heterocycles. The molecule has 0 amide bonds. The Morgan fingerprint density at radius 2 is 1.75 bits per heavy atom. The molecule has 0 saturated carbocycles. The number of hydrogen-bond acceptors (Lipinski definition) is 3. The molecule has 0 spiro atoms. The maximum Gasteiger partial charge on any atom is 0.239 e. The molecule has 0 radical (unpaired) electrons. The van der Waals surface area contributed by atoms with Gasteiger partial charge in [-0.1, -0.05) is 41.9 Å². The third-order valence-electron chi connectivity index (χ3n) is 2.69. The van der Waals surface area contributed by atoms with E-state index in [2.05, 4.69) is 4.72 Å². The number of hydrogen-bond donors (Lipinski definition) is 1. The maximum atomic E-state index is 11.5. The lowest BCUT2D eigenvalue weighted by molar-refractivity contribution is -0.113. The smallest absolute Gasteiger partial charge is 0.239 e. The van der Waals surface area contributed by atoms with Gasteiger partial charge in [0.05, 0.1) is 6.04 Å². The summed E-state index contributed by atoms with van der Waals surface area (Å²) in [6, 6.07) is 16.7. The van der Waals surface area contributed by atoms with E-state index in [1.54, 1.807) is 12.1 Å². The van der Waals surface area contributed by atoms with E-state index >= 15 is 0 Å². The van der Waals surface area contributed by atoms with E-state index in [9.17, 15) is 4.79 Å². The molecule has 0 heterocycles. The van der Waals surface area contributed by atoms with Gasteiger partial charge in [-0.3, -0.25) is 4.79 Å². The summed E-state index contributed by atoms with van der Waals surface area (Å²) in [6.07, 6.45) is 0.559. The van der Waals surface area contributed by atoms with E-state index < -0.39 is 11.3 Å². The number of rotatable bonds is 6. The van der Waals surface area contributed by atoms with Crippen molar-refractivity contribution in [3.05, 3.63) is 65.2 Å². The summed E-state index contributed by atoms with van der Waals surface area (Å²) in [4.78, 5) is 12.5. The molecule has 0 fully saturated rings. The lowest BCUT2D eigenvalue weighted by Gasteiger charge is -2.14. The third-order valence-corrected chi connectivity index (χ3v) is 4.11. The van der Waals surface area contributed by atoms with Gasteiger partial charge in [0.25, 0.3) is 0 Å². The van der Waals surface area contributed by atoms with Crippen LogP contribution in [0.25, 0.3) is 0 Å². The molecule has 20 heavy (non-hydrogen) atoms. The minimum atomic E-state index is -0.431. The van der Waals surface area contributed by atoms with Crippen molar-refractivity contribution >= 4 is 40.4 Å². The minimum absolute atomic E-state index is 0.393. The zero-order chi connectivity index (χ0) is 14.4. The highest BCUT2D eigenvalue weighted by atomic mass is 35.5. The number of nitrogens with one attached hydrogen (secondary N) is 1. The van der Waals surface area contributed by atoms with Crippen LogP contribution in [-0.4, -0.2) is 11.3 Å². The lowest BCUT2D eigenvalue weighted by Crippen LogP contribution is -2.31. The van der Waals surface area contributed by atoms with Crippen LogP contribution in [0.2, 0.25) is 5.02 Å². The fourth-order valence-corrected chi connectivity index (χ4v) is 2.72. The number of benzene rings is 2. The molecule has 0 bridgehead atoms. The van der Waals surface area contributed by atoms with E-state index in [1.165, 1.54) is 11.9 Å². The van der Waals surface area contributed by atoms with Crippen LogP contribution >= 0.6 is 35.1 Å². The Kier molecular flexibility index (Phi) is 5.92. The van der Waals surface area contributed by atoms with Crippen molar-refractivity contribution in [1.82, 2.24) is 4.72 Å². The molecule has 0 aliphatic rings. The van der Waals surface area contributed by atoms with Crippen LogP contribution in [0.1, 0.15) is 5.56 Å². The van der Waals surface area contributed by atoms with Gasteiger partial charge in [0.1, 0.15) is 0 Å². The first-order valence-electron chi connectivity index (χ1n) is 6.06. The molecule has 0 aliphatic heterocycles. The topological polar surface area (TPSA) is 29.1 Å². The quantitative estimate of drug-likeness (QED) is 0.633. The largest absolute Gasteiger partial charge is 0.279 e. The Labute approximate surface area is 132 Å². The SMILES string of the molecule is O=C(Cl)C(Cc1ccccc1)NSc1ccc(Cl)cc1. The van der Waals surface area contributed by atoms with Gasteiger partial charge < -0.3 is 0 Å². The number of carbonyl (C=O) groups is 1. The second kappa shape index (κ2) is 7.70. The second-order valence-corrected chi connectivity index (χ2v) is 5.94. The lowest BCUT2D eigenvalue weighted by atomic mass is 10.1. The first kappa shape index (κ1) is 15.4. The van der Waals surface area contributed by atoms with Crippen LogP contribution in [-0.2, 0) is 11.2 Å². The summed E-state index contributed by atoms with van der Waals surface area (Å²) in [7, 11) is 0. The van der Waals surface area contributed by atoms with Gasteiger partial charge in [0.15, 0.2) is 0 Å². The predicted molar refractivity (Wildman–Crippen MR) is 85.2 cm³/mol. The van der Waals surface area contributed by atoms with Crippen LogP contribution in [0.15, 0.2) is 59.5 Å². The Morgan fingerprint density at radius 3 is 2.35 bits per heavy atom. The first-order chi connectivity index (χ1) is 9.65. The van der Waals surface area contributed by atoms with E-state index in [0.29, 0.717) is 11.4 Å². The van der Waals surface area contributed by atoms with Crippen molar-refractivity contribution in [3.8, 4) is 0 Å². The molecule has 2 aromatic carbocycles. The molecule has 0 aromatic heterocycles. The fourth-order valence-electron chi connectivity index (χ4n) is 1.66. The Hall–Kier alpha value is -1.00. The van der Waals surface area contributed by atoms with Crippen molar-refractivity contribution in [2.24, 2.45) is 0 Å². The van der Waals surface area contributed by atoms with Crippen molar-refractivity contribution in [1.29, 1.82) is 0 Å². The van der Waals surface area contributed by atoms with Crippen molar-refractivity contribution in [3.63, 3.8) is 0 Å². The van der Waals surface area contributed by atoms with E-state index in [4.69, 9.17) is 23.2 Å². The molecule has 0 aliphatic carbocycles. The summed E-state index contributed by atoms with van der Waals surface area (Å²) >= 11 is 12.8. The predicted octanol–water partition coefficient (Wildman–Crippen LogP) is 4.31. The molecular formula is C15H13Cl2NOS. The average Bonchev–Trinajstić information content (AvgIpc) is 2.46.